The molecule has 7 heteroatoms. The monoisotopic (exact) mass is 291 g/mol. The molecule has 0 amide bonds. The summed E-state index contributed by atoms with van der Waals surface area (Å²) in [7, 11) is -3.42. The van der Waals surface area contributed by atoms with E-state index in [-0.39, 0.29) is 5.03 Å². The number of sulfonamides is 1. The van der Waals surface area contributed by atoms with Gasteiger partial charge in [-0.05, 0) is 32.1 Å². The first-order chi connectivity index (χ1) is 8.54. The molecular formula is C11H18ClN3O2S. The Morgan fingerprint density at radius 2 is 2.39 bits per heavy atom. The maximum Gasteiger partial charge on any atom is 0.260 e. The largest absolute Gasteiger partial charge is 0.332 e. The second-order valence-corrected chi connectivity index (χ2v) is 6.97. The first kappa shape index (κ1) is 13.8. The molecule has 0 radical (unpaired) electrons. The van der Waals surface area contributed by atoms with Gasteiger partial charge < -0.3 is 4.98 Å². The van der Waals surface area contributed by atoms with Crippen molar-refractivity contribution in [3.05, 3.63) is 12.0 Å². The number of alkyl halides is 1. The number of hydrogen-bond acceptors (Lipinski definition) is 3. The quantitative estimate of drug-likeness (QED) is 0.860. The minimum atomic E-state index is -3.42. The predicted molar refractivity (Wildman–Crippen MR) is 70.1 cm³/mol. The third-order valence-electron chi connectivity index (χ3n) is 3.30. The van der Waals surface area contributed by atoms with E-state index in [9.17, 15) is 8.42 Å². The van der Waals surface area contributed by atoms with E-state index in [1.54, 1.807) is 11.2 Å². The fourth-order valence-electron chi connectivity index (χ4n) is 2.30. The van der Waals surface area contributed by atoms with E-state index in [2.05, 4.69) is 9.97 Å². The summed E-state index contributed by atoms with van der Waals surface area (Å²) in [5.41, 5.74) is 0. The molecular weight excluding hydrogens is 274 g/mol. The maximum absolute atomic E-state index is 12.4. The Kier molecular flexibility index (Phi) is 4.29. The number of piperidine rings is 1. The summed E-state index contributed by atoms with van der Waals surface area (Å²) in [6, 6.07) is 0. The van der Waals surface area contributed by atoms with E-state index in [0.29, 0.717) is 30.7 Å². The summed E-state index contributed by atoms with van der Waals surface area (Å²) < 4.78 is 26.3. The van der Waals surface area contributed by atoms with Gasteiger partial charge in [0.15, 0.2) is 5.03 Å². The highest BCUT2D eigenvalue weighted by atomic mass is 35.5. The van der Waals surface area contributed by atoms with Gasteiger partial charge in [-0.25, -0.2) is 13.4 Å². The lowest BCUT2D eigenvalue weighted by atomic mass is 9.97. The van der Waals surface area contributed by atoms with Gasteiger partial charge in [0.1, 0.15) is 5.82 Å². The van der Waals surface area contributed by atoms with Crippen LogP contribution in [0, 0.1) is 12.8 Å². The summed E-state index contributed by atoms with van der Waals surface area (Å²) >= 11 is 5.73. The minimum absolute atomic E-state index is 0.187. The van der Waals surface area contributed by atoms with Gasteiger partial charge >= 0.3 is 0 Å². The second-order valence-electron chi connectivity index (χ2n) is 4.68. The lowest BCUT2D eigenvalue weighted by molar-refractivity contribution is 0.262. The number of aromatic nitrogens is 2. The van der Waals surface area contributed by atoms with Crippen LogP contribution in [-0.4, -0.2) is 41.7 Å². The predicted octanol–water partition coefficient (Wildman–Crippen LogP) is 1.75. The topological polar surface area (TPSA) is 66.1 Å². The van der Waals surface area contributed by atoms with E-state index in [0.717, 1.165) is 19.3 Å². The number of hydrogen-bond donors (Lipinski definition) is 1. The average Bonchev–Trinajstić information content (AvgIpc) is 2.77. The van der Waals surface area contributed by atoms with Crippen molar-refractivity contribution in [2.24, 2.45) is 5.92 Å². The molecule has 102 valence electrons. The van der Waals surface area contributed by atoms with Gasteiger partial charge in [-0.15, -0.1) is 11.6 Å². The smallest absolute Gasteiger partial charge is 0.260 e. The van der Waals surface area contributed by atoms with Crippen molar-refractivity contribution in [1.82, 2.24) is 14.3 Å². The summed E-state index contributed by atoms with van der Waals surface area (Å²) in [6.07, 6.45) is 4.21. The Labute approximate surface area is 113 Å². The summed E-state index contributed by atoms with van der Waals surface area (Å²) in [5, 5.41) is 0.187. The lowest BCUT2D eigenvalue weighted by Crippen LogP contribution is -2.40. The van der Waals surface area contributed by atoms with Crippen LogP contribution in [0.25, 0.3) is 0 Å². The van der Waals surface area contributed by atoms with E-state index >= 15 is 0 Å². The summed E-state index contributed by atoms with van der Waals surface area (Å²) in [5.74, 6) is 1.57. The SMILES string of the molecule is Cc1ncc(S(=O)(=O)N2CCCC(CCCl)C2)[nH]1. The molecule has 1 saturated heterocycles. The van der Waals surface area contributed by atoms with E-state index in [1.165, 1.54) is 6.20 Å². The zero-order chi connectivity index (χ0) is 13.2. The highest BCUT2D eigenvalue weighted by Crippen LogP contribution is 2.24. The Bertz CT molecular complexity index is 498. The molecule has 2 rings (SSSR count). The Morgan fingerprint density at radius 1 is 1.61 bits per heavy atom. The van der Waals surface area contributed by atoms with Gasteiger partial charge in [0.2, 0.25) is 0 Å². The zero-order valence-corrected chi connectivity index (χ0v) is 12.0. The van der Waals surface area contributed by atoms with Crippen molar-refractivity contribution in [3.63, 3.8) is 0 Å². The van der Waals surface area contributed by atoms with Crippen LogP contribution in [0.1, 0.15) is 25.1 Å². The van der Waals surface area contributed by atoms with Crippen molar-refractivity contribution in [1.29, 1.82) is 0 Å². The Hall–Kier alpha value is -0.590. The fraction of sp³-hybridized carbons (Fsp3) is 0.727. The highest BCUT2D eigenvalue weighted by molar-refractivity contribution is 7.89. The van der Waals surface area contributed by atoms with Crippen molar-refractivity contribution in [3.8, 4) is 0 Å². The molecule has 1 N–H and O–H groups in total. The third-order valence-corrected chi connectivity index (χ3v) is 5.29. The highest BCUT2D eigenvalue weighted by Gasteiger charge is 2.31. The van der Waals surface area contributed by atoms with E-state index in [4.69, 9.17) is 11.6 Å². The first-order valence-corrected chi connectivity index (χ1v) is 8.09. The number of rotatable bonds is 4. The fourth-order valence-corrected chi connectivity index (χ4v) is 4.13. The average molecular weight is 292 g/mol. The molecule has 1 fully saturated rings. The molecule has 1 aromatic rings. The van der Waals surface area contributed by atoms with Gasteiger partial charge in [0.25, 0.3) is 10.0 Å². The van der Waals surface area contributed by atoms with Gasteiger partial charge in [0.05, 0.1) is 6.20 Å². The number of aryl methyl sites for hydroxylation is 1. The van der Waals surface area contributed by atoms with Gasteiger partial charge in [0, 0.05) is 19.0 Å². The molecule has 1 aliphatic heterocycles. The van der Waals surface area contributed by atoms with Crippen LogP contribution < -0.4 is 0 Å². The Morgan fingerprint density at radius 3 is 3.00 bits per heavy atom. The van der Waals surface area contributed by atoms with Crippen molar-refractivity contribution in [2.45, 2.75) is 31.2 Å². The maximum atomic E-state index is 12.4. The number of nitrogens with one attached hydrogen (secondary N) is 1. The molecule has 0 spiro atoms. The van der Waals surface area contributed by atoms with Crippen molar-refractivity contribution >= 4 is 21.6 Å². The Balaban J connectivity index is 2.15. The number of H-pyrrole nitrogens is 1. The van der Waals surface area contributed by atoms with E-state index in [1.807, 2.05) is 0 Å². The first-order valence-electron chi connectivity index (χ1n) is 6.11. The van der Waals surface area contributed by atoms with Gasteiger partial charge in [-0.3, -0.25) is 0 Å². The van der Waals surface area contributed by atoms with Gasteiger partial charge in [-0.2, -0.15) is 4.31 Å². The van der Waals surface area contributed by atoms with Gasteiger partial charge in [-0.1, -0.05) is 0 Å². The standard InChI is InChI=1S/C11H18ClN3O2S/c1-9-13-7-11(14-9)18(16,17)15-6-2-3-10(8-15)4-5-12/h7,10H,2-6,8H2,1H3,(H,13,14). The number of aromatic amines is 1. The zero-order valence-electron chi connectivity index (χ0n) is 10.4. The summed E-state index contributed by atoms with van der Waals surface area (Å²) in [4.78, 5) is 6.74. The molecule has 2 heterocycles. The number of halogens is 1. The molecule has 1 unspecified atom stereocenters. The van der Waals surface area contributed by atoms with Crippen molar-refractivity contribution in [2.75, 3.05) is 19.0 Å². The van der Waals surface area contributed by atoms with Crippen LogP contribution in [0.3, 0.4) is 0 Å². The molecule has 5 nitrogen and oxygen atoms in total. The molecule has 18 heavy (non-hydrogen) atoms. The summed E-state index contributed by atoms with van der Waals surface area (Å²) in [6.45, 7) is 2.89. The minimum Gasteiger partial charge on any atom is -0.332 e. The molecule has 1 atom stereocenters. The normalized spacial score (nSPS) is 22.2. The van der Waals surface area contributed by atoms with Crippen LogP contribution in [-0.2, 0) is 10.0 Å². The molecule has 1 aliphatic rings. The van der Waals surface area contributed by atoms with Crippen molar-refractivity contribution < 1.29 is 8.42 Å². The molecule has 0 saturated carbocycles. The van der Waals surface area contributed by atoms with Crippen LogP contribution >= 0.6 is 11.6 Å². The van der Waals surface area contributed by atoms with Crippen LogP contribution in [0.2, 0.25) is 0 Å². The molecule has 0 aliphatic carbocycles. The molecule has 1 aromatic heterocycles. The van der Waals surface area contributed by atoms with Crippen LogP contribution in [0.15, 0.2) is 11.2 Å². The van der Waals surface area contributed by atoms with Crippen LogP contribution in [0.4, 0.5) is 0 Å². The van der Waals surface area contributed by atoms with E-state index < -0.39 is 10.0 Å². The number of nitrogens with zero attached hydrogens (tertiary/aromatic N) is 2. The van der Waals surface area contributed by atoms with Crippen LogP contribution in [0.5, 0.6) is 0 Å². The lowest BCUT2D eigenvalue weighted by Gasteiger charge is -2.31. The number of imidazole rings is 1. The molecule has 0 aromatic carbocycles. The molecule has 0 bridgehead atoms. The second kappa shape index (κ2) is 5.59. The third kappa shape index (κ3) is 2.87.